The van der Waals surface area contributed by atoms with Crippen molar-refractivity contribution in [2.75, 3.05) is 45.4 Å². The van der Waals surface area contributed by atoms with Crippen molar-refractivity contribution >= 4 is 36.8 Å². The van der Waals surface area contributed by atoms with Crippen LogP contribution in [0.2, 0.25) is 0 Å². The summed E-state index contributed by atoms with van der Waals surface area (Å²) in [7, 11) is 4.43. The second-order valence-corrected chi connectivity index (χ2v) is 5.65. The normalized spacial score (nSPS) is 14.6. The first-order valence-electron chi connectivity index (χ1n) is 7.91. The highest BCUT2D eigenvalue weighted by Crippen LogP contribution is 2.22. The first-order valence-corrected chi connectivity index (χ1v) is 7.91. The van der Waals surface area contributed by atoms with Gasteiger partial charge in [-0.25, -0.2) is 14.8 Å². The van der Waals surface area contributed by atoms with Gasteiger partial charge in [-0.05, 0) is 0 Å². The van der Waals surface area contributed by atoms with Crippen LogP contribution >= 0.6 is 0 Å². The van der Waals surface area contributed by atoms with E-state index in [9.17, 15) is 9.59 Å². The number of nitrogens with zero attached hydrogens (tertiary/aromatic N) is 4. The third-order valence-corrected chi connectivity index (χ3v) is 4.04. The average Bonchev–Trinajstić information content (AvgIpc) is 2.99. The van der Waals surface area contributed by atoms with Gasteiger partial charge in [0.1, 0.15) is 0 Å². The monoisotopic (exact) mass is 346 g/mol. The Morgan fingerprint density at radius 1 is 1.24 bits per heavy atom. The predicted octanol–water partition coefficient (Wildman–Crippen LogP) is -1.67. The quantitative estimate of drug-likeness (QED) is 0.479. The molecule has 132 valence electrons. The minimum atomic E-state index is -0.604. The number of esters is 2. The third-order valence-electron chi connectivity index (χ3n) is 4.04. The maximum absolute atomic E-state index is 12.1. The number of fused-ring (bicyclic) bond motifs is 1. The zero-order valence-electron chi connectivity index (χ0n) is 14.4. The fourth-order valence-corrected chi connectivity index (χ4v) is 2.82. The number of hydrogen-bond donors (Lipinski definition) is 0. The highest BCUT2D eigenvalue weighted by atomic mass is 16.5. The van der Waals surface area contributed by atoms with E-state index in [0.717, 1.165) is 5.59 Å². The van der Waals surface area contributed by atoms with Gasteiger partial charge in [-0.15, -0.1) is 0 Å². The fraction of sp³-hybridized carbons (Fsp3) is 0.467. The molecule has 9 nitrogen and oxygen atoms in total. The standard InChI is InChI=1S/C15H19BN4O5/c1-23-11(21)7-9-12(15(22)24-2)18-14-13(17-10(16)8-20(9)14)19-3-5-25-6-4-19/h8H,3-7,16H2,1-2H3. The zero-order valence-corrected chi connectivity index (χ0v) is 14.4. The second-order valence-electron chi connectivity index (χ2n) is 5.65. The van der Waals surface area contributed by atoms with Crippen molar-refractivity contribution in [2.24, 2.45) is 0 Å². The number of imidazole rings is 1. The molecule has 3 rings (SSSR count). The fourth-order valence-electron chi connectivity index (χ4n) is 2.82. The Morgan fingerprint density at radius 2 is 1.96 bits per heavy atom. The van der Waals surface area contributed by atoms with Crippen molar-refractivity contribution in [3.05, 3.63) is 17.6 Å². The van der Waals surface area contributed by atoms with E-state index in [-0.39, 0.29) is 12.1 Å². The lowest BCUT2D eigenvalue weighted by atomic mass is 10.1. The Kier molecular flexibility index (Phi) is 4.89. The summed E-state index contributed by atoms with van der Waals surface area (Å²) in [6.07, 6.45) is 1.66. The van der Waals surface area contributed by atoms with Gasteiger partial charge in [-0.2, -0.15) is 0 Å². The number of morpholine rings is 1. The second kappa shape index (κ2) is 7.10. The van der Waals surface area contributed by atoms with Crippen molar-refractivity contribution in [3.63, 3.8) is 0 Å². The number of carbonyl (C=O) groups is 2. The van der Waals surface area contributed by atoms with Crippen LogP contribution in [0, 0.1) is 0 Å². The van der Waals surface area contributed by atoms with Gasteiger partial charge < -0.3 is 19.1 Å². The molecule has 1 aliphatic heterocycles. The van der Waals surface area contributed by atoms with Crippen molar-refractivity contribution in [1.29, 1.82) is 0 Å². The van der Waals surface area contributed by atoms with E-state index in [1.54, 1.807) is 10.6 Å². The number of aromatic nitrogens is 3. The molecule has 0 radical (unpaired) electrons. The number of carbonyl (C=O) groups excluding carboxylic acids is 2. The SMILES string of the molecule is Bc1cn2c(CC(=O)OC)c(C(=O)OC)nc2c(N2CCOCC2)n1. The molecule has 3 heterocycles. The highest BCUT2D eigenvalue weighted by Gasteiger charge is 2.26. The number of anilines is 1. The minimum Gasteiger partial charge on any atom is -0.469 e. The number of rotatable bonds is 4. The third kappa shape index (κ3) is 3.29. The smallest absolute Gasteiger partial charge is 0.358 e. The molecule has 1 aliphatic rings. The first kappa shape index (κ1) is 17.2. The minimum absolute atomic E-state index is 0.0892. The highest BCUT2D eigenvalue weighted by molar-refractivity contribution is 6.30. The summed E-state index contributed by atoms with van der Waals surface area (Å²) in [4.78, 5) is 35.0. The Labute approximate surface area is 145 Å². The van der Waals surface area contributed by atoms with E-state index in [2.05, 4.69) is 14.9 Å². The lowest BCUT2D eigenvalue weighted by molar-refractivity contribution is -0.139. The summed E-state index contributed by atoms with van der Waals surface area (Å²) in [5.41, 5.74) is 1.77. The van der Waals surface area contributed by atoms with Gasteiger partial charge in [0.15, 0.2) is 25.0 Å². The Hall–Kier alpha value is -2.62. The molecule has 0 spiro atoms. The van der Waals surface area contributed by atoms with Crippen LogP contribution in [0.5, 0.6) is 0 Å². The van der Waals surface area contributed by atoms with Crippen LogP contribution < -0.4 is 10.5 Å². The van der Waals surface area contributed by atoms with E-state index in [1.165, 1.54) is 14.2 Å². The molecular formula is C15H19BN4O5. The van der Waals surface area contributed by atoms with Gasteiger partial charge in [0.05, 0.1) is 39.5 Å². The Bertz CT molecular complexity index is 816. The van der Waals surface area contributed by atoms with E-state index in [4.69, 9.17) is 14.2 Å². The Morgan fingerprint density at radius 3 is 2.60 bits per heavy atom. The van der Waals surface area contributed by atoms with Gasteiger partial charge in [0.2, 0.25) is 0 Å². The summed E-state index contributed by atoms with van der Waals surface area (Å²) >= 11 is 0. The molecule has 2 aromatic rings. The summed E-state index contributed by atoms with van der Waals surface area (Å²) in [6, 6.07) is 0. The maximum atomic E-state index is 12.1. The predicted molar refractivity (Wildman–Crippen MR) is 91.3 cm³/mol. The Balaban J connectivity index is 2.19. The molecule has 0 bridgehead atoms. The van der Waals surface area contributed by atoms with E-state index < -0.39 is 11.9 Å². The van der Waals surface area contributed by atoms with Crippen molar-refractivity contribution in [1.82, 2.24) is 14.4 Å². The van der Waals surface area contributed by atoms with E-state index in [1.807, 2.05) is 7.85 Å². The molecule has 0 saturated carbocycles. The van der Waals surface area contributed by atoms with Crippen LogP contribution in [-0.2, 0) is 25.4 Å². The summed E-state index contributed by atoms with van der Waals surface area (Å²) in [5.74, 6) is -0.410. The van der Waals surface area contributed by atoms with Crippen LogP contribution in [0.15, 0.2) is 6.20 Å². The molecule has 0 atom stereocenters. The molecule has 0 amide bonds. The van der Waals surface area contributed by atoms with Crippen LogP contribution in [0.1, 0.15) is 16.2 Å². The van der Waals surface area contributed by atoms with E-state index >= 15 is 0 Å². The zero-order chi connectivity index (χ0) is 18.0. The van der Waals surface area contributed by atoms with Crippen LogP contribution in [-0.4, -0.2) is 74.7 Å². The van der Waals surface area contributed by atoms with Crippen LogP contribution in [0.4, 0.5) is 5.82 Å². The number of ether oxygens (including phenoxy) is 3. The molecule has 1 saturated heterocycles. The van der Waals surface area contributed by atoms with Crippen molar-refractivity contribution < 1.29 is 23.8 Å². The van der Waals surface area contributed by atoms with E-state index in [0.29, 0.717) is 43.5 Å². The first-order chi connectivity index (χ1) is 12.0. The van der Waals surface area contributed by atoms with Crippen molar-refractivity contribution in [2.45, 2.75) is 6.42 Å². The summed E-state index contributed by atoms with van der Waals surface area (Å²) in [5, 5.41) is 0. The van der Waals surface area contributed by atoms with Gasteiger partial charge in [-0.3, -0.25) is 9.20 Å². The molecule has 25 heavy (non-hydrogen) atoms. The van der Waals surface area contributed by atoms with Gasteiger partial charge in [0.25, 0.3) is 0 Å². The maximum Gasteiger partial charge on any atom is 0.358 e. The van der Waals surface area contributed by atoms with Crippen LogP contribution in [0.25, 0.3) is 5.65 Å². The largest absolute Gasteiger partial charge is 0.469 e. The molecule has 0 unspecified atom stereocenters. The van der Waals surface area contributed by atoms with Gasteiger partial charge >= 0.3 is 11.9 Å². The molecule has 0 aromatic carbocycles. The lowest BCUT2D eigenvalue weighted by Crippen LogP contribution is -2.38. The number of hydrogen-bond acceptors (Lipinski definition) is 8. The van der Waals surface area contributed by atoms with Crippen LogP contribution in [0.3, 0.4) is 0 Å². The molecular weight excluding hydrogens is 327 g/mol. The molecule has 10 heteroatoms. The number of methoxy groups -OCH3 is 2. The molecule has 0 N–H and O–H groups in total. The van der Waals surface area contributed by atoms with Crippen molar-refractivity contribution in [3.8, 4) is 0 Å². The molecule has 0 aliphatic carbocycles. The summed E-state index contributed by atoms with van der Waals surface area (Å²) in [6.45, 7) is 2.56. The molecule has 1 fully saturated rings. The average molecular weight is 346 g/mol. The summed E-state index contributed by atoms with van der Waals surface area (Å²) < 4.78 is 16.7. The lowest BCUT2D eigenvalue weighted by Gasteiger charge is -2.28. The molecule has 2 aromatic heterocycles. The van der Waals surface area contributed by atoms with Gasteiger partial charge in [0, 0.05) is 24.9 Å². The van der Waals surface area contributed by atoms with Gasteiger partial charge in [-0.1, -0.05) is 0 Å². The topological polar surface area (TPSA) is 95.3 Å².